The van der Waals surface area contributed by atoms with Crippen molar-refractivity contribution in [3.05, 3.63) is 42.0 Å². The van der Waals surface area contributed by atoms with E-state index in [9.17, 15) is 5.11 Å². The van der Waals surface area contributed by atoms with Crippen LogP contribution in [0.25, 0.3) is 0 Å². The second kappa shape index (κ2) is 8.84. The molecule has 2 N–H and O–H groups in total. The molecular formula is C21H32NO3+. The predicted molar refractivity (Wildman–Crippen MR) is 99.0 cm³/mol. The van der Waals surface area contributed by atoms with Gasteiger partial charge in [-0.3, -0.25) is 0 Å². The first kappa shape index (κ1) is 18.4. The molecule has 0 saturated carbocycles. The second-order valence-corrected chi connectivity index (χ2v) is 7.64. The third kappa shape index (κ3) is 5.56. The summed E-state index contributed by atoms with van der Waals surface area (Å²) in [6, 6.07) is 8.07. The van der Waals surface area contributed by atoms with Crippen LogP contribution in [0.3, 0.4) is 0 Å². The standard InChI is InChI=1S/C21H31NO3/c1-16-12-17(2)25-21(13-16)18-6-8-20(9-7-18)24-15-19(23)14-22-10-4-3-5-11-22/h6-9,17,19,21,23H,1,3-5,10-15H2,2H3/p+1/t17-,19-,21-/m1/s1. The summed E-state index contributed by atoms with van der Waals surface area (Å²) in [6.07, 6.45) is 5.65. The number of hydrogen-bond acceptors (Lipinski definition) is 3. The molecule has 2 saturated heterocycles. The summed E-state index contributed by atoms with van der Waals surface area (Å²) in [7, 11) is 0. The first-order valence-electron chi connectivity index (χ1n) is 9.66. The largest absolute Gasteiger partial charge is 0.491 e. The summed E-state index contributed by atoms with van der Waals surface area (Å²) in [6.45, 7) is 9.72. The molecule has 3 atom stereocenters. The van der Waals surface area contributed by atoms with E-state index in [0.29, 0.717) is 6.61 Å². The molecule has 25 heavy (non-hydrogen) atoms. The molecule has 2 heterocycles. The van der Waals surface area contributed by atoms with E-state index in [-0.39, 0.29) is 12.2 Å². The molecule has 3 rings (SSSR count). The first-order chi connectivity index (χ1) is 12.1. The Morgan fingerprint density at radius 1 is 1.20 bits per heavy atom. The van der Waals surface area contributed by atoms with Gasteiger partial charge in [0, 0.05) is 0 Å². The maximum absolute atomic E-state index is 10.2. The van der Waals surface area contributed by atoms with Crippen LogP contribution in [0.5, 0.6) is 5.75 Å². The summed E-state index contributed by atoms with van der Waals surface area (Å²) < 4.78 is 11.8. The van der Waals surface area contributed by atoms with Crippen LogP contribution in [-0.4, -0.2) is 43.6 Å². The third-order valence-corrected chi connectivity index (χ3v) is 5.23. The van der Waals surface area contributed by atoms with Gasteiger partial charge in [-0.25, -0.2) is 0 Å². The Labute approximate surface area is 151 Å². The molecule has 4 nitrogen and oxygen atoms in total. The predicted octanol–water partition coefficient (Wildman–Crippen LogP) is 2.29. The molecule has 0 bridgehead atoms. The van der Waals surface area contributed by atoms with Crippen LogP contribution in [0.1, 0.15) is 50.7 Å². The number of ether oxygens (including phenoxy) is 2. The molecule has 138 valence electrons. The molecule has 2 fully saturated rings. The highest BCUT2D eigenvalue weighted by Crippen LogP contribution is 2.34. The Bertz CT molecular complexity index is 551. The Hall–Kier alpha value is -1.36. The number of benzene rings is 1. The first-order valence-corrected chi connectivity index (χ1v) is 9.66. The van der Waals surface area contributed by atoms with Crippen LogP contribution in [0.2, 0.25) is 0 Å². The molecule has 1 aromatic rings. The summed E-state index contributed by atoms with van der Waals surface area (Å²) in [5, 5.41) is 10.2. The van der Waals surface area contributed by atoms with Crippen LogP contribution in [-0.2, 0) is 4.74 Å². The van der Waals surface area contributed by atoms with Crippen LogP contribution in [0.4, 0.5) is 0 Å². The SMILES string of the molecule is C=C1C[C@@H](C)O[C@@H](c2ccc(OC[C@H](O)C[NH+]3CCCCC3)cc2)C1. The Balaban J connectivity index is 1.46. The van der Waals surface area contributed by atoms with E-state index in [0.717, 1.165) is 25.1 Å². The lowest BCUT2D eigenvalue weighted by atomic mass is 9.95. The highest BCUT2D eigenvalue weighted by Gasteiger charge is 2.23. The van der Waals surface area contributed by atoms with Crippen LogP contribution < -0.4 is 9.64 Å². The molecule has 2 aliphatic rings. The van der Waals surface area contributed by atoms with Gasteiger partial charge in [-0.1, -0.05) is 24.3 Å². The van der Waals surface area contributed by atoms with Crippen LogP contribution >= 0.6 is 0 Å². The summed E-state index contributed by atoms with van der Waals surface area (Å²) in [4.78, 5) is 1.50. The van der Waals surface area contributed by atoms with Gasteiger partial charge >= 0.3 is 0 Å². The van der Waals surface area contributed by atoms with Crippen molar-refractivity contribution in [2.75, 3.05) is 26.2 Å². The van der Waals surface area contributed by atoms with Crippen molar-refractivity contribution in [3.8, 4) is 5.75 Å². The fourth-order valence-electron chi connectivity index (χ4n) is 3.94. The van der Waals surface area contributed by atoms with E-state index in [1.807, 2.05) is 12.1 Å². The molecule has 0 amide bonds. The second-order valence-electron chi connectivity index (χ2n) is 7.64. The fraction of sp³-hybridized carbons (Fsp3) is 0.619. The third-order valence-electron chi connectivity index (χ3n) is 5.23. The molecule has 0 aromatic heterocycles. The van der Waals surface area contributed by atoms with E-state index in [2.05, 4.69) is 25.6 Å². The molecule has 2 aliphatic heterocycles. The number of hydrogen-bond donors (Lipinski definition) is 2. The zero-order valence-electron chi connectivity index (χ0n) is 15.4. The molecule has 0 unspecified atom stereocenters. The molecular weight excluding hydrogens is 314 g/mol. The van der Waals surface area contributed by atoms with Gasteiger partial charge in [0.15, 0.2) is 0 Å². The van der Waals surface area contributed by atoms with Gasteiger partial charge in [0.05, 0.1) is 25.3 Å². The Morgan fingerprint density at radius 2 is 1.92 bits per heavy atom. The Kier molecular flexibility index (Phi) is 6.51. The van der Waals surface area contributed by atoms with Gasteiger partial charge in [0.2, 0.25) is 0 Å². The van der Waals surface area contributed by atoms with Gasteiger partial charge in [-0.2, -0.15) is 0 Å². The van der Waals surface area contributed by atoms with Crippen molar-refractivity contribution in [1.29, 1.82) is 0 Å². The quantitative estimate of drug-likeness (QED) is 0.777. The van der Waals surface area contributed by atoms with E-state index in [1.165, 1.54) is 48.4 Å². The molecule has 1 aromatic carbocycles. The van der Waals surface area contributed by atoms with Gasteiger partial charge in [-0.05, 0) is 56.7 Å². The van der Waals surface area contributed by atoms with Crippen LogP contribution in [0.15, 0.2) is 36.4 Å². The fourth-order valence-corrected chi connectivity index (χ4v) is 3.94. The smallest absolute Gasteiger partial charge is 0.137 e. The lowest BCUT2D eigenvalue weighted by Crippen LogP contribution is -3.14. The number of quaternary nitrogens is 1. The molecule has 0 aliphatic carbocycles. The van der Waals surface area contributed by atoms with Crippen molar-refractivity contribution in [3.63, 3.8) is 0 Å². The maximum Gasteiger partial charge on any atom is 0.137 e. The normalized spacial score (nSPS) is 26.4. The lowest BCUT2D eigenvalue weighted by Gasteiger charge is -2.29. The summed E-state index contributed by atoms with van der Waals surface area (Å²) >= 11 is 0. The summed E-state index contributed by atoms with van der Waals surface area (Å²) in [5.41, 5.74) is 2.42. The van der Waals surface area contributed by atoms with Crippen molar-refractivity contribution in [2.45, 2.75) is 57.3 Å². The number of aliphatic hydroxyl groups is 1. The Morgan fingerprint density at radius 3 is 2.60 bits per heavy atom. The minimum Gasteiger partial charge on any atom is -0.491 e. The molecule has 0 spiro atoms. The minimum absolute atomic E-state index is 0.0959. The average Bonchev–Trinajstić information content (AvgIpc) is 2.60. The van der Waals surface area contributed by atoms with E-state index in [1.54, 1.807) is 0 Å². The lowest BCUT2D eigenvalue weighted by molar-refractivity contribution is -0.908. The van der Waals surface area contributed by atoms with Gasteiger partial charge in [0.1, 0.15) is 25.0 Å². The van der Waals surface area contributed by atoms with Gasteiger partial charge < -0.3 is 19.5 Å². The highest BCUT2D eigenvalue weighted by molar-refractivity contribution is 5.29. The van der Waals surface area contributed by atoms with E-state index >= 15 is 0 Å². The topological polar surface area (TPSA) is 43.1 Å². The monoisotopic (exact) mass is 346 g/mol. The maximum atomic E-state index is 10.2. The summed E-state index contributed by atoms with van der Waals surface area (Å²) in [5.74, 6) is 0.805. The van der Waals surface area contributed by atoms with E-state index in [4.69, 9.17) is 9.47 Å². The highest BCUT2D eigenvalue weighted by atomic mass is 16.5. The van der Waals surface area contributed by atoms with Gasteiger partial charge in [-0.15, -0.1) is 0 Å². The molecule has 4 heteroatoms. The number of piperidine rings is 1. The van der Waals surface area contributed by atoms with Crippen molar-refractivity contribution in [1.82, 2.24) is 0 Å². The number of aliphatic hydroxyl groups excluding tert-OH is 1. The average molecular weight is 346 g/mol. The number of likely N-dealkylation sites (tertiary alicyclic amines) is 1. The minimum atomic E-state index is -0.404. The zero-order chi connectivity index (χ0) is 17.6. The number of rotatable bonds is 6. The van der Waals surface area contributed by atoms with Crippen LogP contribution in [0, 0.1) is 0 Å². The van der Waals surface area contributed by atoms with Crippen molar-refractivity contribution >= 4 is 0 Å². The van der Waals surface area contributed by atoms with Crippen molar-refractivity contribution < 1.29 is 19.5 Å². The number of nitrogens with one attached hydrogen (secondary N) is 1. The van der Waals surface area contributed by atoms with Crippen molar-refractivity contribution in [2.24, 2.45) is 0 Å². The molecule has 0 radical (unpaired) electrons. The zero-order valence-corrected chi connectivity index (χ0v) is 15.4. The van der Waals surface area contributed by atoms with Gasteiger partial charge in [0.25, 0.3) is 0 Å². The van der Waals surface area contributed by atoms with E-state index < -0.39 is 6.10 Å².